The fourth-order valence-corrected chi connectivity index (χ4v) is 2.00. The average molecular weight is 300 g/mol. The second-order valence-electron chi connectivity index (χ2n) is 4.98. The summed E-state index contributed by atoms with van der Waals surface area (Å²) in [7, 11) is 0. The van der Waals surface area contributed by atoms with Crippen molar-refractivity contribution in [3.05, 3.63) is 23.8 Å². The van der Waals surface area contributed by atoms with E-state index in [1.54, 1.807) is 0 Å². The monoisotopic (exact) mass is 300 g/mol. The molecule has 0 saturated carbocycles. The Bertz CT molecular complexity index is 676. The summed E-state index contributed by atoms with van der Waals surface area (Å²) in [5.74, 6) is -0.279. The second kappa shape index (κ2) is 5.27. The Morgan fingerprint density at radius 3 is 2.67 bits per heavy atom. The van der Waals surface area contributed by atoms with Crippen LogP contribution in [0.1, 0.15) is 19.4 Å². The van der Waals surface area contributed by atoms with Gasteiger partial charge in [0.25, 0.3) is 0 Å². The van der Waals surface area contributed by atoms with Gasteiger partial charge in [0.05, 0.1) is 16.6 Å². The zero-order valence-corrected chi connectivity index (χ0v) is 11.5. The number of hydrogen-bond donors (Lipinski definition) is 2. The maximum absolute atomic E-state index is 12.6. The van der Waals surface area contributed by atoms with Crippen LogP contribution in [0.2, 0.25) is 0 Å². The van der Waals surface area contributed by atoms with E-state index in [4.69, 9.17) is 5.73 Å². The van der Waals surface area contributed by atoms with Crippen LogP contribution >= 0.6 is 0 Å². The third-order valence-electron chi connectivity index (χ3n) is 2.86. The fraction of sp³-hybridized carbons (Fsp3) is 0.385. The molecule has 0 spiro atoms. The maximum atomic E-state index is 12.6. The predicted octanol–water partition coefficient (Wildman–Crippen LogP) is 2.16. The summed E-state index contributed by atoms with van der Waals surface area (Å²) in [5, 5.41) is 2.69. The van der Waals surface area contributed by atoms with Crippen LogP contribution in [0, 0.1) is 0 Å². The molecule has 1 amide bonds. The topological polar surface area (TPSA) is 72.9 Å². The van der Waals surface area contributed by atoms with Crippen molar-refractivity contribution < 1.29 is 18.0 Å². The molecule has 114 valence electrons. The van der Waals surface area contributed by atoms with Crippen molar-refractivity contribution in [2.45, 2.75) is 32.6 Å². The van der Waals surface area contributed by atoms with Crippen LogP contribution in [-0.2, 0) is 17.5 Å². The van der Waals surface area contributed by atoms with Crippen molar-refractivity contribution in [2.75, 3.05) is 5.73 Å². The highest BCUT2D eigenvalue weighted by molar-refractivity contribution is 5.83. The third-order valence-corrected chi connectivity index (χ3v) is 2.86. The molecule has 5 nitrogen and oxygen atoms in total. The second-order valence-corrected chi connectivity index (χ2v) is 4.98. The summed E-state index contributed by atoms with van der Waals surface area (Å²) >= 11 is 0. The van der Waals surface area contributed by atoms with Gasteiger partial charge < -0.3 is 15.6 Å². The highest BCUT2D eigenvalue weighted by atomic mass is 19.4. The summed E-state index contributed by atoms with van der Waals surface area (Å²) in [6.07, 6.45) is -4.44. The molecule has 0 aliphatic rings. The number of carbonyl (C=O) groups is 1. The van der Waals surface area contributed by atoms with E-state index >= 15 is 0 Å². The number of hydrogen-bond acceptors (Lipinski definition) is 3. The summed E-state index contributed by atoms with van der Waals surface area (Å²) < 4.78 is 39.3. The molecule has 8 heteroatoms. The van der Waals surface area contributed by atoms with E-state index in [1.165, 1.54) is 10.6 Å². The standard InChI is InChI=1S/C13H15F3N4O/c1-7(2)18-11(21)6-20-10-4-3-8(13(14,15)16)5-9(10)19-12(20)17/h3-5,7H,6H2,1-2H3,(H2,17,19)(H,18,21). The molecule has 0 saturated heterocycles. The van der Waals surface area contributed by atoms with E-state index in [0.717, 1.165) is 12.1 Å². The van der Waals surface area contributed by atoms with Gasteiger partial charge in [-0.15, -0.1) is 0 Å². The average Bonchev–Trinajstić information content (AvgIpc) is 2.63. The number of nitrogens with two attached hydrogens (primary N) is 1. The normalized spacial score (nSPS) is 12.1. The van der Waals surface area contributed by atoms with Crippen LogP contribution in [0.3, 0.4) is 0 Å². The van der Waals surface area contributed by atoms with Crippen LogP contribution in [0.4, 0.5) is 19.1 Å². The van der Waals surface area contributed by atoms with Crippen LogP contribution in [-0.4, -0.2) is 21.5 Å². The SMILES string of the molecule is CC(C)NC(=O)Cn1c(N)nc2cc(C(F)(F)F)ccc21. The number of alkyl halides is 3. The number of aromatic nitrogens is 2. The van der Waals surface area contributed by atoms with E-state index < -0.39 is 11.7 Å². The zero-order chi connectivity index (χ0) is 15.8. The molecule has 2 rings (SSSR count). The molecule has 0 aliphatic heterocycles. The number of nitrogens with zero attached hydrogens (tertiary/aromatic N) is 2. The van der Waals surface area contributed by atoms with Gasteiger partial charge in [0.15, 0.2) is 0 Å². The fourth-order valence-electron chi connectivity index (χ4n) is 2.00. The lowest BCUT2D eigenvalue weighted by Crippen LogP contribution is -2.33. The van der Waals surface area contributed by atoms with Gasteiger partial charge in [-0.3, -0.25) is 4.79 Å². The van der Waals surface area contributed by atoms with Crippen LogP contribution in [0.5, 0.6) is 0 Å². The Morgan fingerprint density at radius 1 is 1.43 bits per heavy atom. The third kappa shape index (κ3) is 3.26. The molecule has 0 bridgehead atoms. The Kier molecular flexibility index (Phi) is 3.80. The molecular weight excluding hydrogens is 285 g/mol. The summed E-state index contributed by atoms with van der Waals surface area (Å²) in [4.78, 5) is 15.6. The highest BCUT2D eigenvalue weighted by Gasteiger charge is 2.31. The Morgan fingerprint density at radius 2 is 2.10 bits per heavy atom. The van der Waals surface area contributed by atoms with Crippen LogP contribution in [0.25, 0.3) is 11.0 Å². The van der Waals surface area contributed by atoms with Gasteiger partial charge in [-0.05, 0) is 32.0 Å². The molecule has 3 N–H and O–H groups in total. The molecule has 2 aromatic rings. The number of amides is 1. The first-order valence-electron chi connectivity index (χ1n) is 6.31. The lowest BCUT2D eigenvalue weighted by molar-refractivity contribution is -0.137. The van der Waals surface area contributed by atoms with Gasteiger partial charge in [0, 0.05) is 6.04 Å². The highest BCUT2D eigenvalue weighted by Crippen LogP contribution is 2.31. The summed E-state index contributed by atoms with van der Waals surface area (Å²) in [5.41, 5.74) is 5.38. The van der Waals surface area contributed by atoms with Crippen molar-refractivity contribution in [3.63, 3.8) is 0 Å². The largest absolute Gasteiger partial charge is 0.416 e. The zero-order valence-electron chi connectivity index (χ0n) is 11.5. The van der Waals surface area contributed by atoms with E-state index in [9.17, 15) is 18.0 Å². The number of halogens is 3. The number of benzene rings is 1. The van der Waals surface area contributed by atoms with Crippen molar-refractivity contribution in [2.24, 2.45) is 0 Å². The summed E-state index contributed by atoms with van der Waals surface area (Å²) in [6, 6.07) is 3.10. The molecule has 0 radical (unpaired) electrons. The molecule has 0 fully saturated rings. The number of carbonyl (C=O) groups excluding carboxylic acids is 1. The van der Waals surface area contributed by atoms with E-state index in [2.05, 4.69) is 10.3 Å². The molecule has 0 atom stereocenters. The predicted molar refractivity (Wildman–Crippen MR) is 72.4 cm³/mol. The Hall–Kier alpha value is -2.25. The van der Waals surface area contributed by atoms with Gasteiger partial charge in [-0.25, -0.2) is 4.98 Å². The van der Waals surface area contributed by atoms with Crippen molar-refractivity contribution in [1.82, 2.24) is 14.9 Å². The molecule has 1 aromatic heterocycles. The van der Waals surface area contributed by atoms with Crippen molar-refractivity contribution >= 4 is 22.9 Å². The number of imidazole rings is 1. The maximum Gasteiger partial charge on any atom is 0.416 e. The van der Waals surface area contributed by atoms with Crippen LogP contribution in [0.15, 0.2) is 18.2 Å². The first-order valence-corrected chi connectivity index (χ1v) is 6.31. The quantitative estimate of drug-likeness (QED) is 0.912. The van der Waals surface area contributed by atoms with Gasteiger partial charge in [0.2, 0.25) is 11.9 Å². The Labute approximate surface area is 118 Å². The summed E-state index contributed by atoms with van der Waals surface area (Å²) in [6.45, 7) is 3.53. The lowest BCUT2D eigenvalue weighted by Gasteiger charge is -2.10. The van der Waals surface area contributed by atoms with Crippen molar-refractivity contribution in [1.29, 1.82) is 0 Å². The van der Waals surface area contributed by atoms with E-state index in [-0.39, 0.29) is 30.0 Å². The molecule has 0 unspecified atom stereocenters. The van der Waals surface area contributed by atoms with Crippen molar-refractivity contribution in [3.8, 4) is 0 Å². The van der Waals surface area contributed by atoms with Crippen LogP contribution < -0.4 is 11.1 Å². The van der Waals surface area contributed by atoms with Gasteiger partial charge in [-0.2, -0.15) is 13.2 Å². The molecular formula is C13H15F3N4O. The molecule has 1 heterocycles. The smallest absolute Gasteiger partial charge is 0.369 e. The number of nitrogen functional groups attached to an aromatic ring is 1. The van der Waals surface area contributed by atoms with E-state index in [0.29, 0.717) is 5.52 Å². The Balaban J connectivity index is 2.37. The van der Waals surface area contributed by atoms with Gasteiger partial charge in [-0.1, -0.05) is 0 Å². The van der Waals surface area contributed by atoms with Gasteiger partial charge in [0.1, 0.15) is 6.54 Å². The number of rotatable bonds is 3. The minimum atomic E-state index is -4.44. The van der Waals surface area contributed by atoms with Gasteiger partial charge >= 0.3 is 6.18 Å². The minimum Gasteiger partial charge on any atom is -0.369 e. The van der Waals surface area contributed by atoms with E-state index in [1.807, 2.05) is 13.8 Å². The number of nitrogens with one attached hydrogen (secondary N) is 1. The molecule has 21 heavy (non-hydrogen) atoms. The minimum absolute atomic E-state index is 0.00299. The number of fused-ring (bicyclic) bond motifs is 1. The first kappa shape index (κ1) is 15.1. The molecule has 0 aliphatic carbocycles. The number of anilines is 1. The molecule has 1 aromatic carbocycles. The lowest BCUT2D eigenvalue weighted by atomic mass is 10.2. The first-order chi connectivity index (χ1) is 9.68.